The van der Waals surface area contributed by atoms with Gasteiger partial charge in [-0.1, -0.05) is 24.4 Å². The van der Waals surface area contributed by atoms with E-state index in [1.54, 1.807) is 0 Å². The molecule has 2 saturated carbocycles. The third-order valence-electron chi connectivity index (χ3n) is 4.95. The molecule has 1 aromatic carbocycles. The van der Waals surface area contributed by atoms with Crippen LogP contribution in [-0.4, -0.2) is 18.8 Å². The lowest BCUT2D eigenvalue weighted by Crippen LogP contribution is -2.60. The topological polar surface area (TPSA) is 21.3 Å². The molecule has 0 saturated heterocycles. The highest BCUT2D eigenvalue weighted by atomic mass is 127. The van der Waals surface area contributed by atoms with Crippen LogP contribution < -0.4 is 5.32 Å². The van der Waals surface area contributed by atoms with Crippen molar-refractivity contribution in [2.45, 2.75) is 51.2 Å². The van der Waals surface area contributed by atoms with Crippen LogP contribution in [0.3, 0.4) is 0 Å². The van der Waals surface area contributed by atoms with Gasteiger partial charge in [0.15, 0.2) is 0 Å². The van der Waals surface area contributed by atoms with Gasteiger partial charge in [-0.15, -0.1) is 0 Å². The van der Waals surface area contributed by atoms with Gasteiger partial charge in [-0.3, -0.25) is 0 Å². The Balaban J connectivity index is 1.74. The summed E-state index contributed by atoms with van der Waals surface area (Å²) < 4.78 is 7.17. The minimum absolute atomic E-state index is 0.374. The molecular formula is C16H21ClINO. The van der Waals surface area contributed by atoms with Crippen LogP contribution >= 0.6 is 34.2 Å². The molecule has 2 aliphatic carbocycles. The lowest BCUT2D eigenvalue weighted by atomic mass is 9.60. The predicted molar refractivity (Wildman–Crippen MR) is 92.5 cm³/mol. The third-order valence-corrected chi connectivity index (χ3v) is 6.08. The van der Waals surface area contributed by atoms with E-state index in [0.29, 0.717) is 17.6 Å². The fourth-order valence-electron chi connectivity index (χ4n) is 3.88. The Morgan fingerprint density at radius 3 is 2.80 bits per heavy atom. The number of hydrogen-bond acceptors (Lipinski definition) is 2. The van der Waals surface area contributed by atoms with Crippen molar-refractivity contribution in [2.24, 2.45) is 5.41 Å². The van der Waals surface area contributed by atoms with Gasteiger partial charge in [-0.05, 0) is 67.0 Å². The normalized spacial score (nSPS) is 27.6. The zero-order chi connectivity index (χ0) is 14.2. The van der Waals surface area contributed by atoms with E-state index >= 15 is 0 Å². The summed E-state index contributed by atoms with van der Waals surface area (Å²) in [5.74, 6) is 0. The average Bonchev–Trinajstić information content (AvgIpc) is 2.92. The summed E-state index contributed by atoms with van der Waals surface area (Å²) in [7, 11) is 0. The summed E-state index contributed by atoms with van der Waals surface area (Å²) in [6, 6.07) is 6.63. The van der Waals surface area contributed by atoms with Crippen LogP contribution in [0, 0.1) is 8.99 Å². The highest BCUT2D eigenvalue weighted by Crippen LogP contribution is 2.55. The minimum Gasteiger partial charge on any atom is -0.381 e. The van der Waals surface area contributed by atoms with Gasteiger partial charge in [0.2, 0.25) is 0 Å². The van der Waals surface area contributed by atoms with Crippen molar-refractivity contribution in [1.82, 2.24) is 0 Å². The van der Waals surface area contributed by atoms with Gasteiger partial charge in [-0.25, -0.2) is 0 Å². The molecule has 2 aliphatic rings. The first-order valence-electron chi connectivity index (χ1n) is 7.49. The summed E-state index contributed by atoms with van der Waals surface area (Å²) in [5, 5.41) is 4.55. The number of benzene rings is 1. The van der Waals surface area contributed by atoms with Crippen LogP contribution in [0.25, 0.3) is 0 Å². The number of hydrogen-bond donors (Lipinski definition) is 1. The number of ether oxygens (including phenoxy) is 1. The first-order valence-corrected chi connectivity index (χ1v) is 8.94. The highest BCUT2D eigenvalue weighted by Gasteiger charge is 2.56. The molecule has 1 N–H and O–H groups in total. The van der Waals surface area contributed by atoms with E-state index in [1.807, 2.05) is 12.1 Å². The van der Waals surface area contributed by atoms with Gasteiger partial charge in [0.1, 0.15) is 0 Å². The van der Waals surface area contributed by atoms with Crippen LogP contribution in [-0.2, 0) is 4.74 Å². The molecule has 3 rings (SSSR count). The average molecular weight is 406 g/mol. The zero-order valence-corrected chi connectivity index (χ0v) is 14.7. The Morgan fingerprint density at radius 2 is 2.15 bits per heavy atom. The summed E-state index contributed by atoms with van der Waals surface area (Å²) in [5.41, 5.74) is 1.58. The SMILES string of the molecule is CCOC1CC(Nc2ccc(Cl)cc2I)C12CCCC2. The maximum Gasteiger partial charge on any atom is 0.0670 e. The molecule has 0 bridgehead atoms. The lowest BCUT2D eigenvalue weighted by Gasteiger charge is -2.54. The second-order valence-electron chi connectivity index (χ2n) is 5.94. The standard InChI is InChI=1S/C16H21ClINO/c1-2-20-15-10-14(16(15)7-3-4-8-16)19-13-6-5-11(17)9-12(13)18/h5-6,9,14-15,19H,2-4,7-8,10H2,1H3. The largest absolute Gasteiger partial charge is 0.381 e. The summed E-state index contributed by atoms with van der Waals surface area (Å²) in [6.45, 7) is 2.93. The molecule has 2 nitrogen and oxygen atoms in total. The third kappa shape index (κ3) is 2.57. The quantitative estimate of drug-likeness (QED) is 0.704. The number of anilines is 1. The first kappa shape index (κ1) is 14.9. The van der Waals surface area contributed by atoms with Gasteiger partial charge in [0, 0.05) is 32.3 Å². The molecule has 20 heavy (non-hydrogen) atoms. The van der Waals surface area contributed by atoms with Crippen molar-refractivity contribution in [3.8, 4) is 0 Å². The second kappa shape index (κ2) is 6.01. The van der Waals surface area contributed by atoms with Gasteiger partial charge in [-0.2, -0.15) is 0 Å². The lowest BCUT2D eigenvalue weighted by molar-refractivity contribution is -0.114. The summed E-state index contributed by atoms with van der Waals surface area (Å²) in [4.78, 5) is 0. The van der Waals surface area contributed by atoms with Gasteiger partial charge >= 0.3 is 0 Å². The van der Waals surface area contributed by atoms with Gasteiger partial charge in [0.05, 0.1) is 6.10 Å². The van der Waals surface area contributed by atoms with Gasteiger partial charge < -0.3 is 10.1 Å². The zero-order valence-electron chi connectivity index (χ0n) is 11.8. The van der Waals surface area contributed by atoms with Gasteiger partial charge in [0.25, 0.3) is 0 Å². The minimum atomic E-state index is 0.374. The smallest absolute Gasteiger partial charge is 0.0670 e. The van der Waals surface area contributed by atoms with Crippen LogP contribution in [0.4, 0.5) is 5.69 Å². The summed E-state index contributed by atoms with van der Waals surface area (Å²) in [6.07, 6.45) is 6.89. The number of halogens is 2. The number of rotatable bonds is 4. The van der Waals surface area contributed by atoms with Crippen molar-refractivity contribution >= 4 is 39.9 Å². The molecule has 2 fully saturated rings. The van der Waals surface area contributed by atoms with E-state index in [1.165, 1.54) is 34.9 Å². The predicted octanol–water partition coefficient (Wildman–Crippen LogP) is 5.09. The maximum absolute atomic E-state index is 6.03. The Kier molecular flexibility index (Phi) is 4.48. The molecule has 0 aliphatic heterocycles. The van der Waals surface area contributed by atoms with Crippen molar-refractivity contribution in [2.75, 3.05) is 11.9 Å². The molecule has 0 aromatic heterocycles. The van der Waals surface area contributed by atoms with E-state index in [-0.39, 0.29) is 0 Å². The van der Waals surface area contributed by atoms with E-state index in [0.717, 1.165) is 18.1 Å². The summed E-state index contributed by atoms with van der Waals surface area (Å²) >= 11 is 8.39. The molecule has 110 valence electrons. The molecule has 2 unspecified atom stereocenters. The molecule has 1 spiro atoms. The van der Waals surface area contributed by atoms with E-state index < -0.39 is 0 Å². The van der Waals surface area contributed by atoms with Crippen molar-refractivity contribution in [3.05, 3.63) is 26.8 Å². The second-order valence-corrected chi connectivity index (χ2v) is 7.54. The van der Waals surface area contributed by atoms with E-state index in [9.17, 15) is 0 Å². The van der Waals surface area contributed by atoms with Crippen molar-refractivity contribution in [1.29, 1.82) is 0 Å². The number of nitrogens with one attached hydrogen (secondary N) is 1. The van der Waals surface area contributed by atoms with Crippen LogP contribution in [0.5, 0.6) is 0 Å². The Bertz CT molecular complexity index is 487. The molecule has 0 heterocycles. The maximum atomic E-state index is 6.03. The molecule has 0 radical (unpaired) electrons. The Hall–Kier alpha value is -0.000000000000000111. The molecule has 2 atom stereocenters. The van der Waals surface area contributed by atoms with Crippen molar-refractivity contribution < 1.29 is 4.74 Å². The monoisotopic (exact) mass is 405 g/mol. The fourth-order valence-corrected chi connectivity index (χ4v) is 4.91. The van der Waals surface area contributed by atoms with Crippen LogP contribution in [0.2, 0.25) is 5.02 Å². The first-order chi connectivity index (χ1) is 9.65. The van der Waals surface area contributed by atoms with Crippen molar-refractivity contribution in [3.63, 3.8) is 0 Å². The van der Waals surface area contributed by atoms with E-state index in [4.69, 9.17) is 16.3 Å². The molecular weight excluding hydrogens is 385 g/mol. The van der Waals surface area contributed by atoms with Crippen LogP contribution in [0.1, 0.15) is 39.0 Å². The highest BCUT2D eigenvalue weighted by molar-refractivity contribution is 14.1. The molecule has 0 amide bonds. The molecule has 4 heteroatoms. The van der Waals surface area contributed by atoms with E-state index in [2.05, 4.69) is 40.9 Å². The Morgan fingerprint density at radius 1 is 1.40 bits per heavy atom. The Labute approximate surface area is 139 Å². The fraction of sp³-hybridized carbons (Fsp3) is 0.625. The van der Waals surface area contributed by atoms with Crippen LogP contribution in [0.15, 0.2) is 18.2 Å². The molecule has 1 aromatic rings.